The Balaban J connectivity index is -0.000000556. The summed E-state index contributed by atoms with van der Waals surface area (Å²) in [4.78, 5) is 68.0. The number of carbonyl (C=O) groups excluding carboxylic acids is 6. The first-order chi connectivity index (χ1) is 19.6. The molecule has 44 heavy (non-hydrogen) atoms. The first kappa shape index (κ1) is 45.1. The summed E-state index contributed by atoms with van der Waals surface area (Å²) in [6, 6.07) is 14.8. The van der Waals surface area contributed by atoms with Crippen LogP contribution in [0.1, 0.15) is 76.0 Å². The second-order valence-corrected chi connectivity index (χ2v) is 8.09. The van der Waals surface area contributed by atoms with Gasteiger partial charge in [-0.25, -0.2) is 0 Å². The molecule has 6 amide bonds. The fraction of sp³-hybridized carbons (Fsp3) is 0.276. The predicted octanol–water partition coefficient (Wildman–Crippen LogP) is -7.83. The van der Waals surface area contributed by atoms with E-state index >= 15 is 0 Å². The van der Waals surface area contributed by atoms with Gasteiger partial charge in [-0.15, -0.1) is 18.2 Å². The molecule has 3 rings (SSSR count). The summed E-state index contributed by atoms with van der Waals surface area (Å²) in [5.74, 6) is -1.40. The molecule has 0 saturated heterocycles. The molecule has 15 heteroatoms. The normalized spacial score (nSPS) is 8.86. The van der Waals surface area contributed by atoms with Crippen molar-refractivity contribution < 1.29 is 85.3 Å². The second kappa shape index (κ2) is 24.0. The van der Waals surface area contributed by atoms with E-state index in [0.29, 0.717) is 46.5 Å². The Labute approximate surface area is 294 Å². The van der Waals surface area contributed by atoms with E-state index in [1.807, 2.05) is 13.8 Å². The van der Waals surface area contributed by atoms with Crippen LogP contribution in [0.25, 0.3) is 0 Å². The van der Waals surface area contributed by atoms with Gasteiger partial charge in [-0.2, -0.15) is 36.4 Å². The molecule has 3 aromatic carbocycles. The molecule has 0 aromatic heterocycles. The summed E-state index contributed by atoms with van der Waals surface area (Å²) in [6.07, 6.45) is 0. The molecule has 0 aliphatic rings. The van der Waals surface area contributed by atoms with Crippen LogP contribution in [0.4, 0.5) is 0 Å². The zero-order chi connectivity index (χ0) is 30.9. The summed E-state index contributed by atoms with van der Waals surface area (Å²) in [5, 5.41) is 15.2. The van der Waals surface area contributed by atoms with E-state index in [1.54, 1.807) is 54.6 Å². The Kier molecular flexibility index (Phi) is 24.6. The van der Waals surface area contributed by atoms with Crippen LogP contribution >= 0.6 is 0 Å². The van der Waals surface area contributed by atoms with Gasteiger partial charge in [0.15, 0.2) is 17.7 Å². The smallest absolute Gasteiger partial charge is 0.394 e. The standard InChI is InChI=1S/C11H15N2O2.2C9H11N2O2.3Li/c1-3-12-10(14)8-6-5-7-9(8)11(15)13-4-2;2*1-10-8(12)6-4-3-5-7(6)9(13)11-2;;;/h5-7H,3-4H2,1-2H3,(H,12,14)(H,13,15);2*3-5H,1-2H3,(H,10,12)(H,11,13);;;/q3*-1;3*+1. The third-order valence-corrected chi connectivity index (χ3v) is 5.50. The molecule has 0 saturated carbocycles. The van der Waals surface area contributed by atoms with Gasteiger partial charge in [-0.1, -0.05) is 16.7 Å². The maximum atomic E-state index is 11.5. The van der Waals surface area contributed by atoms with Gasteiger partial charge >= 0.3 is 56.6 Å². The zero-order valence-electron chi connectivity index (χ0n) is 27.1. The quantitative estimate of drug-likeness (QED) is 0.113. The number of carbonyl (C=O) groups is 6. The average Bonchev–Trinajstić information content (AvgIpc) is 3.77. The van der Waals surface area contributed by atoms with E-state index in [4.69, 9.17) is 0 Å². The fourth-order valence-electron chi connectivity index (χ4n) is 3.50. The minimum Gasteiger partial charge on any atom is -0.394 e. The van der Waals surface area contributed by atoms with Crippen molar-refractivity contribution >= 4 is 35.4 Å². The number of amides is 6. The molecule has 0 bridgehead atoms. The average molecular weight is 586 g/mol. The third kappa shape index (κ3) is 13.1. The number of hydrogen-bond acceptors (Lipinski definition) is 6. The van der Waals surface area contributed by atoms with E-state index < -0.39 is 0 Å². The largest absolute Gasteiger partial charge is 1.00 e. The molecule has 3 aromatic rings. The number of rotatable bonds is 8. The molecular weight excluding hydrogens is 549 g/mol. The van der Waals surface area contributed by atoms with Gasteiger partial charge in [0.05, 0.1) is 0 Å². The van der Waals surface area contributed by atoms with Gasteiger partial charge < -0.3 is 46.3 Å². The summed E-state index contributed by atoms with van der Waals surface area (Å²) in [7, 11) is 6.12. The summed E-state index contributed by atoms with van der Waals surface area (Å²) in [5.41, 5.74) is 2.48. The zero-order valence-corrected chi connectivity index (χ0v) is 27.1. The Morgan fingerprint density at radius 3 is 1.11 bits per heavy atom. The van der Waals surface area contributed by atoms with Crippen LogP contribution < -0.4 is 88.5 Å². The first-order valence-corrected chi connectivity index (χ1v) is 12.8. The monoisotopic (exact) mass is 586 g/mol. The van der Waals surface area contributed by atoms with Gasteiger partial charge in [0.25, 0.3) is 0 Å². The van der Waals surface area contributed by atoms with Crippen molar-refractivity contribution in [2.24, 2.45) is 0 Å². The van der Waals surface area contributed by atoms with Crippen molar-refractivity contribution in [2.75, 3.05) is 41.3 Å². The Morgan fingerprint density at radius 2 is 0.818 bits per heavy atom. The van der Waals surface area contributed by atoms with E-state index in [0.717, 1.165) is 0 Å². The molecule has 0 spiro atoms. The van der Waals surface area contributed by atoms with Gasteiger partial charge in [-0.3, -0.25) is 14.4 Å². The molecule has 0 radical (unpaired) electrons. The number of hydrogen-bond donors (Lipinski definition) is 6. The molecule has 12 nitrogen and oxygen atoms in total. The molecule has 0 unspecified atom stereocenters. The first-order valence-electron chi connectivity index (χ1n) is 12.8. The van der Waals surface area contributed by atoms with Crippen molar-refractivity contribution in [3.63, 3.8) is 0 Å². The van der Waals surface area contributed by atoms with Crippen LogP contribution in [0.15, 0.2) is 54.6 Å². The van der Waals surface area contributed by atoms with Crippen LogP contribution in [0.3, 0.4) is 0 Å². The van der Waals surface area contributed by atoms with Crippen molar-refractivity contribution in [3.05, 3.63) is 88.0 Å². The molecule has 0 atom stereocenters. The van der Waals surface area contributed by atoms with Crippen LogP contribution in [-0.4, -0.2) is 76.7 Å². The minimum absolute atomic E-state index is 0. The van der Waals surface area contributed by atoms with E-state index in [1.165, 1.54) is 28.2 Å². The van der Waals surface area contributed by atoms with Crippen LogP contribution in [0.2, 0.25) is 0 Å². The Morgan fingerprint density at radius 1 is 0.500 bits per heavy atom. The molecular formula is C29H37Li3N6O6. The molecule has 0 aliphatic carbocycles. The van der Waals surface area contributed by atoms with Crippen molar-refractivity contribution in [1.29, 1.82) is 0 Å². The van der Waals surface area contributed by atoms with Crippen molar-refractivity contribution in [1.82, 2.24) is 31.9 Å². The fourth-order valence-corrected chi connectivity index (χ4v) is 3.50. The third-order valence-electron chi connectivity index (χ3n) is 5.50. The molecule has 0 aliphatic heterocycles. The predicted molar refractivity (Wildman–Crippen MR) is 156 cm³/mol. The van der Waals surface area contributed by atoms with Crippen molar-refractivity contribution in [2.45, 2.75) is 13.8 Å². The van der Waals surface area contributed by atoms with E-state index in [2.05, 4.69) is 31.9 Å². The Hall–Kier alpha value is -3.34. The Bertz CT molecular complexity index is 1190. The van der Waals surface area contributed by atoms with Gasteiger partial charge in [0, 0.05) is 27.2 Å². The second-order valence-electron chi connectivity index (χ2n) is 8.09. The topological polar surface area (TPSA) is 175 Å². The molecule has 6 N–H and O–H groups in total. The van der Waals surface area contributed by atoms with Gasteiger partial charge in [-0.05, 0) is 44.6 Å². The van der Waals surface area contributed by atoms with Crippen LogP contribution in [-0.2, 0) is 0 Å². The molecule has 0 fully saturated rings. The number of nitrogens with one attached hydrogen (secondary N) is 6. The summed E-state index contributed by atoms with van der Waals surface area (Å²) >= 11 is 0. The van der Waals surface area contributed by atoms with E-state index in [9.17, 15) is 28.8 Å². The molecule has 0 heterocycles. The van der Waals surface area contributed by atoms with Gasteiger partial charge in [0.2, 0.25) is 17.7 Å². The maximum absolute atomic E-state index is 11.5. The van der Waals surface area contributed by atoms with E-state index in [-0.39, 0.29) is 92.0 Å². The SMILES string of the molecule is CCNC(=O)c1ccc[c-]1C(=O)NCC.CNC(=O)c1ccc[c-]1C(=O)NC.CNC(=O)c1ccc[c-]1C(=O)NC.[Li+].[Li+].[Li+]. The van der Waals surface area contributed by atoms with Gasteiger partial charge in [0.1, 0.15) is 0 Å². The van der Waals surface area contributed by atoms with Crippen LogP contribution in [0, 0.1) is 0 Å². The van der Waals surface area contributed by atoms with Crippen LogP contribution in [0.5, 0.6) is 0 Å². The van der Waals surface area contributed by atoms with Crippen molar-refractivity contribution in [3.8, 4) is 0 Å². The maximum Gasteiger partial charge on any atom is 1.00 e. The minimum atomic E-state index is -0.247. The summed E-state index contributed by atoms with van der Waals surface area (Å²) in [6.45, 7) is 4.79. The summed E-state index contributed by atoms with van der Waals surface area (Å²) < 4.78 is 0. The molecule has 222 valence electrons.